The normalized spacial score (nSPS) is 12.6. The molecule has 0 radical (unpaired) electrons. The van der Waals surface area contributed by atoms with Gasteiger partial charge < -0.3 is 9.47 Å². The first kappa shape index (κ1) is 19.6. The Hall–Kier alpha value is -4.08. The van der Waals surface area contributed by atoms with Crippen molar-refractivity contribution in [3.05, 3.63) is 94.0 Å². The lowest BCUT2D eigenvalue weighted by molar-refractivity contribution is 0.174. The van der Waals surface area contributed by atoms with E-state index in [2.05, 4.69) is 38.5 Å². The van der Waals surface area contributed by atoms with Crippen LogP contribution in [-0.4, -0.2) is 16.2 Å². The van der Waals surface area contributed by atoms with Gasteiger partial charge in [0.25, 0.3) is 0 Å². The molecule has 0 fully saturated rings. The van der Waals surface area contributed by atoms with Crippen LogP contribution in [0.5, 0.6) is 11.5 Å². The third-order valence-corrected chi connectivity index (χ3v) is 6.41. The summed E-state index contributed by atoms with van der Waals surface area (Å²) in [7, 11) is 0. The van der Waals surface area contributed by atoms with Crippen LogP contribution in [0.3, 0.4) is 0 Å². The Morgan fingerprint density at radius 3 is 2.45 bits per heavy atom. The van der Waals surface area contributed by atoms with Crippen LogP contribution in [-0.2, 0) is 0 Å². The summed E-state index contributed by atoms with van der Waals surface area (Å²) in [6.45, 7) is 0.220. The summed E-state index contributed by atoms with van der Waals surface area (Å²) < 4.78 is 13.9. The van der Waals surface area contributed by atoms with Crippen LogP contribution >= 0.6 is 15.9 Å². The van der Waals surface area contributed by atoms with Crippen molar-refractivity contribution in [3.8, 4) is 28.8 Å². The average Bonchev–Trinajstić information content (AvgIpc) is 3.46. The van der Waals surface area contributed by atoms with Gasteiger partial charge in [0, 0.05) is 4.47 Å². The van der Waals surface area contributed by atoms with Gasteiger partial charge in [0.15, 0.2) is 17.1 Å². The summed E-state index contributed by atoms with van der Waals surface area (Å²) in [4.78, 5) is 4.81. The highest BCUT2D eigenvalue weighted by molar-refractivity contribution is 9.10. The van der Waals surface area contributed by atoms with Crippen LogP contribution in [0.2, 0.25) is 0 Å². The Balaban J connectivity index is 1.59. The Bertz CT molecular complexity index is 1610. The van der Waals surface area contributed by atoms with E-state index in [0.717, 1.165) is 37.9 Å². The number of rotatable bonds is 3. The molecule has 6 rings (SSSR count). The first-order chi connectivity index (χ1) is 16.2. The highest BCUT2D eigenvalue weighted by Crippen LogP contribution is 2.38. The molecule has 0 N–H and O–H groups in total. The molecule has 3 heterocycles. The molecule has 0 unspecified atom stereocenters. The van der Waals surface area contributed by atoms with Crippen LogP contribution in [0.1, 0.15) is 16.7 Å². The van der Waals surface area contributed by atoms with E-state index in [0.29, 0.717) is 22.7 Å². The highest BCUT2D eigenvalue weighted by Gasteiger charge is 2.18. The summed E-state index contributed by atoms with van der Waals surface area (Å²) in [5.41, 5.74) is 6.74. The van der Waals surface area contributed by atoms with Gasteiger partial charge in [0.05, 0.1) is 16.7 Å². The number of fused-ring (bicyclic) bond motifs is 4. The maximum atomic E-state index is 10.1. The third-order valence-electron chi connectivity index (χ3n) is 5.72. The standard InChI is InChI=1S/C27H16BrN3O2/c28-21-14-26-25(32-16-33-26)13-19(21)11-10-18-12-24(17-6-2-1-3-7-17)31-23-9-5-4-8-22(23)30-27(31)20(18)15-29/h1-14H,16H2/b11-10+. The largest absolute Gasteiger partial charge is 0.454 e. The first-order valence-corrected chi connectivity index (χ1v) is 11.2. The summed E-state index contributed by atoms with van der Waals surface area (Å²) in [5.74, 6) is 1.42. The SMILES string of the molecule is N#Cc1c(/C=C/c2cc3c(cc2Br)OCO3)cc(-c2ccccc2)n2c1nc1ccccc12. The molecule has 5 aromatic rings. The molecule has 0 atom stereocenters. The zero-order chi connectivity index (χ0) is 22.4. The van der Waals surface area contributed by atoms with Crippen molar-refractivity contribution in [2.75, 3.05) is 6.79 Å². The molecule has 5 nitrogen and oxygen atoms in total. The van der Waals surface area contributed by atoms with Gasteiger partial charge in [-0.05, 0) is 47.0 Å². The monoisotopic (exact) mass is 493 g/mol. The van der Waals surface area contributed by atoms with Crippen LogP contribution in [0.25, 0.3) is 40.1 Å². The van der Waals surface area contributed by atoms with E-state index in [1.165, 1.54) is 0 Å². The second-order valence-electron chi connectivity index (χ2n) is 7.66. The second kappa shape index (κ2) is 7.80. The number of nitriles is 1. The number of halogens is 1. The van der Waals surface area contributed by atoms with Gasteiger partial charge in [-0.25, -0.2) is 4.98 Å². The highest BCUT2D eigenvalue weighted by atomic mass is 79.9. The molecule has 1 aliphatic heterocycles. The number of ether oxygens (including phenoxy) is 2. The lowest BCUT2D eigenvalue weighted by atomic mass is 10.0. The fourth-order valence-electron chi connectivity index (χ4n) is 4.16. The molecule has 0 saturated heterocycles. The van der Waals surface area contributed by atoms with E-state index in [1.807, 2.05) is 72.8 Å². The minimum Gasteiger partial charge on any atom is -0.454 e. The lowest BCUT2D eigenvalue weighted by Crippen LogP contribution is -1.98. The smallest absolute Gasteiger partial charge is 0.231 e. The van der Waals surface area contributed by atoms with E-state index in [4.69, 9.17) is 14.5 Å². The molecule has 0 amide bonds. The maximum Gasteiger partial charge on any atom is 0.231 e. The van der Waals surface area contributed by atoms with Gasteiger partial charge in [-0.3, -0.25) is 4.40 Å². The Kier molecular flexibility index (Phi) is 4.63. The van der Waals surface area contributed by atoms with Crippen molar-refractivity contribution >= 4 is 44.8 Å². The number of imidazole rings is 1. The average molecular weight is 494 g/mol. The van der Waals surface area contributed by atoms with Crippen LogP contribution < -0.4 is 9.47 Å². The van der Waals surface area contributed by atoms with Gasteiger partial charge >= 0.3 is 0 Å². The van der Waals surface area contributed by atoms with Gasteiger partial charge in [-0.15, -0.1) is 0 Å². The summed E-state index contributed by atoms with van der Waals surface area (Å²) in [5, 5.41) is 10.1. The molecule has 0 bridgehead atoms. The second-order valence-corrected chi connectivity index (χ2v) is 8.51. The minimum atomic E-state index is 0.220. The summed E-state index contributed by atoms with van der Waals surface area (Å²) in [6.07, 6.45) is 3.92. The van der Waals surface area contributed by atoms with E-state index >= 15 is 0 Å². The number of para-hydroxylation sites is 2. The van der Waals surface area contributed by atoms with Gasteiger partial charge in [-0.1, -0.05) is 70.5 Å². The van der Waals surface area contributed by atoms with Gasteiger partial charge in [0.2, 0.25) is 6.79 Å². The van der Waals surface area contributed by atoms with Crippen LogP contribution in [0.15, 0.2) is 77.3 Å². The fraction of sp³-hybridized carbons (Fsp3) is 0.0370. The van der Waals surface area contributed by atoms with Crippen LogP contribution in [0, 0.1) is 11.3 Å². The Labute approximate surface area is 198 Å². The van der Waals surface area contributed by atoms with Crippen molar-refractivity contribution < 1.29 is 9.47 Å². The van der Waals surface area contributed by atoms with E-state index in [9.17, 15) is 5.26 Å². The minimum absolute atomic E-state index is 0.220. The van der Waals surface area contributed by atoms with Crippen molar-refractivity contribution in [3.63, 3.8) is 0 Å². The summed E-state index contributed by atoms with van der Waals surface area (Å²) in [6, 6.07) is 26.3. The van der Waals surface area contributed by atoms with Crippen molar-refractivity contribution in [2.24, 2.45) is 0 Å². The van der Waals surface area contributed by atoms with Gasteiger partial charge in [0.1, 0.15) is 11.6 Å². The number of hydrogen-bond acceptors (Lipinski definition) is 4. The molecule has 33 heavy (non-hydrogen) atoms. The molecule has 158 valence electrons. The van der Waals surface area contributed by atoms with E-state index < -0.39 is 0 Å². The molecule has 1 aliphatic rings. The number of hydrogen-bond donors (Lipinski definition) is 0. The van der Waals surface area contributed by atoms with Crippen molar-refractivity contribution in [1.29, 1.82) is 5.26 Å². The molecule has 6 heteroatoms. The predicted molar refractivity (Wildman–Crippen MR) is 132 cm³/mol. The molecular formula is C27H16BrN3O2. The third kappa shape index (κ3) is 3.25. The lowest BCUT2D eigenvalue weighted by Gasteiger charge is -2.11. The number of nitrogens with zero attached hydrogens (tertiary/aromatic N) is 3. The number of pyridine rings is 1. The molecule has 3 aromatic carbocycles. The number of benzene rings is 3. The zero-order valence-electron chi connectivity index (χ0n) is 17.3. The van der Waals surface area contributed by atoms with E-state index in [1.54, 1.807) is 0 Å². The predicted octanol–water partition coefficient (Wildman–Crippen LogP) is 6.69. The quantitative estimate of drug-likeness (QED) is 0.281. The Morgan fingerprint density at radius 2 is 1.64 bits per heavy atom. The first-order valence-electron chi connectivity index (χ1n) is 10.4. The van der Waals surface area contributed by atoms with E-state index in [-0.39, 0.29) is 6.79 Å². The molecule has 0 spiro atoms. The topological polar surface area (TPSA) is 59.5 Å². The Morgan fingerprint density at radius 1 is 0.909 bits per heavy atom. The van der Waals surface area contributed by atoms with Gasteiger partial charge in [-0.2, -0.15) is 5.26 Å². The number of aromatic nitrogens is 2. The molecular weight excluding hydrogens is 478 g/mol. The molecule has 0 aliphatic carbocycles. The molecule has 2 aromatic heterocycles. The fourth-order valence-corrected chi connectivity index (χ4v) is 4.61. The zero-order valence-corrected chi connectivity index (χ0v) is 18.9. The van der Waals surface area contributed by atoms with Crippen molar-refractivity contribution in [1.82, 2.24) is 9.38 Å². The maximum absolute atomic E-state index is 10.1. The molecule has 0 saturated carbocycles. The van der Waals surface area contributed by atoms with Crippen molar-refractivity contribution in [2.45, 2.75) is 0 Å². The van der Waals surface area contributed by atoms with Crippen LogP contribution in [0.4, 0.5) is 0 Å². The summed E-state index contributed by atoms with van der Waals surface area (Å²) >= 11 is 3.60.